The van der Waals surface area contributed by atoms with Crippen molar-refractivity contribution in [2.24, 2.45) is 16.0 Å². The summed E-state index contributed by atoms with van der Waals surface area (Å²) in [5, 5.41) is 16.4. The van der Waals surface area contributed by atoms with Crippen LogP contribution in [0.15, 0.2) is 52.7 Å². The summed E-state index contributed by atoms with van der Waals surface area (Å²) in [6.07, 6.45) is 0.358. The lowest BCUT2D eigenvalue weighted by Crippen LogP contribution is -2.34. The normalized spacial score (nSPS) is 12.7. The van der Waals surface area contributed by atoms with Crippen LogP contribution in [0.3, 0.4) is 0 Å². The molecule has 1 heterocycles. The van der Waals surface area contributed by atoms with Gasteiger partial charge in [-0.05, 0) is 23.6 Å². The number of ether oxygens (including phenoxy) is 1. The lowest BCUT2D eigenvalue weighted by Gasteiger charge is -2.13. The Labute approximate surface area is 133 Å². The highest BCUT2D eigenvalue weighted by Gasteiger charge is 2.17. The van der Waals surface area contributed by atoms with Crippen LogP contribution in [0.25, 0.3) is 11.1 Å². The first-order chi connectivity index (χ1) is 11.2. The minimum absolute atomic E-state index is 0.279. The molecule has 23 heavy (non-hydrogen) atoms. The van der Waals surface area contributed by atoms with Crippen LogP contribution in [0, 0.1) is 11.3 Å². The lowest BCUT2D eigenvalue weighted by atomic mass is 9.99. The molecule has 0 bridgehead atoms. The molecule has 0 aromatic heterocycles. The van der Waals surface area contributed by atoms with E-state index in [4.69, 9.17) is 15.7 Å². The van der Waals surface area contributed by atoms with Gasteiger partial charge >= 0.3 is 5.97 Å². The first-order valence-electron chi connectivity index (χ1n) is 7.12. The smallest absolute Gasteiger partial charge is 0.324 e. The maximum absolute atomic E-state index is 11.6. The summed E-state index contributed by atoms with van der Waals surface area (Å²) in [5.74, 6) is -0.569. The third kappa shape index (κ3) is 3.10. The molecule has 0 fully saturated rings. The quantitative estimate of drug-likeness (QED) is 0.732. The number of esters is 1. The summed E-state index contributed by atoms with van der Waals surface area (Å²) in [6.45, 7) is -0.279. The number of hydrogen-bond donors (Lipinski definition) is 1. The van der Waals surface area contributed by atoms with E-state index in [1.807, 2.05) is 42.5 Å². The third-order valence-electron chi connectivity index (χ3n) is 3.57. The van der Waals surface area contributed by atoms with E-state index in [2.05, 4.69) is 10.2 Å². The molecule has 0 saturated heterocycles. The molecule has 0 spiro atoms. The minimum atomic E-state index is -0.777. The highest BCUT2D eigenvalue weighted by Crippen LogP contribution is 2.44. The minimum Gasteiger partial charge on any atom is -0.449 e. The highest BCUT2D eigenvalue weighted by molar-refractivity contribution is 5.85. The molecular formula is C17H14N4O2. The van der Waals surface area contributed by atoms with Crippen molar-refractivity contribution >= 4 is 17.3 Å². The summed E-state index contributed by atoms with van der Waals surface area (Å²) in [6, 6.07) is 14.6. The van der Waals surface area contributed by atoms with E-state index in [-0.39, 0.29) is 6.61 Å². The zero-order chi connectivity index (χ0) is 16.2. The second kappa shape index (κ2) is 6.38. The number of carbonyl (C=O) groups excluding carboxylic acids is 1. The maximum atomic E-state index is 11.6. The molecule has 0 saturated carbocycles. The number of benzene rings is 2. The van der Waals surface area contributed by atoms with Gasteiger partial charge in [0, 0.05) is 5.56 Å². The summed E-state index contributed by atoms with van der Waals surface area (Å²) in [4.78, 5) is 11.6. The van der Waals surface area contributed by atoms with Crippen LogP contribution in [-0.4, -0.2) is 18.6 Å². The van der Waals surface area contributed by atoms with Crippen LogP contribution in [-0.2, 0) is 16.0 Å². The van der Waals surface area contributed by atoms with Crippen LogP contribution < -0.4 is 5.73 Å². The molecule has 1 atom stereocenters. The molecule has 3 rings (SSSR count). The van der Waals surface area contributed by atoms with Crippen LogP contribution in [0.1, 0.15) is 5.56 Å². The van der Waals surface area contributed by atoms with E-state index >= 15 is 0 Å². The van der Waals surface area contributed by atoms with Gasteiger partial charge < -0.3 is 10.5 Å². The van der Waals surface area contributed by atoms with Crippen molar-refractivity contribution in [3.05, 3.63) is 48.0 Å². The summed E-state index contributed by atoms with van der Waals surface area (Å²) >= 11 is 0. The topological polar surface area (TPSA) is 101 Å². The summed E-state index contributed by atoms with van der Waals surface area (Å²) in [5.41, 5.74) is 10.6. The Kier molecular flexibility index (Phi) is 4.13. The number of nitrogens with two attached hydrogens (primary N) is 1. The first kappa shape index (κ1) is 14.9. The molecule has 2 aromatic carbocycles. The van der Waals surface area contributed by atoms with Crippen LogP contribution in [0.4, 0.5) is 11.4 Å². The average molecular weight is 306 g/mol. The van der Waals surface area contributed by atoms with Gasteiger partial charge in [0.15, 0.2) is 6.61 Å². The van der Waals surface area contributed by atoms with Gasteiger partial charge in [-0.25, -0.2) is 0 Å². The molecule has 0 radical (unpaired) electrons. The molecule has 0 unspecified atom stereocenters. The average Bonchev–Trinajstić information content (AvgIpc) is 2.54. The largest absolute Gasteiger partial charge is 0.449 e. The lowest BCUT2D eigenvalue weighted by molar-refractivity contribution is -0.143. The van der Waals surface area contributed by atoms with Gasteiger partial charge in [0.2, 0.25) is 0 Å². The van der Waals surface area contributed by atoms with E-state index in [9.17, 15) is 4.79 Å². The van der Waals surface area contributed by atoms with Gasteiger partial charge in [-0.1, -0.05) is 36.4 Å². The van der Waals surface area contributed by atoms with Crippen LogP contribution in [0.5, 0.6) is 0 Å². The first-order valence-corrected chi connectivity index (χ1v) is 7.12. The summed E-state index contributed by atoms with van der Waals surface area (Å²) < 4.78 is 4.71. The van der Waals surface area contributed by atoms with Crippen molar-refractivity contribution in [2.45, 2.75) is 12.5 Å². The van der Waals surface area contributed by atoms with Gasteiger partial charge in [0.05, 0.1) is 0 Å². The van der Waals surface area contributed by atoms with Gasteiger partial charge in [-0.3, -0.25) is 4.79 Å². The SMILES string of the molecule is N#CCOC(=O)[C@@H](N)Cc1ccc(-c2cccc3c2N=N3)cc1. The van der Waals surface area contributed by atoms with Crippen molar-refractivity contribution < 1.29 is 9.53 Å². The highest BCUT2D eigenvalue weighted by atomic mass is 16.5. The second-order valence-corrected chi connectivity index (χ2v) is 5.15. The molecule has 2 N–H and O–H groups in total. The van der Waals surface area contributed by atoms with E-state index in [0.29, 0.717) is 6.42 Å². The Morgan fingerprint density at radius 3 is 2.65 bits per heavy atom. The van der Waals surface area contributed by atoms with Crippen LogP contribution in [0.2, 0.25) is 0 Å². The number of hydrogen-bond acceptors (Lipinski definition) is 6. The second-order valence-electron chi connectivity index (χ2n) is 5.15. The fourth-order valence-electron chi connectivity index (χ4n) is 2.38. The Morgan fingerprint density at radius 2 is 2.00 bits per heavy atom. The molecule has 0 amide bonds. The molecule has 1 aliphatic rings. The van der Waals surface area contributed by atoms with Crippen molar-refractivity contribution in [1.29, 1.82) is 5.26 Å². The zero-order valence-electron chi connectivity index (χ0n) is 12.3. The van der Waals surface area contributed by atoms with E-state index < -0.39 is 12.0 Å². The van der Waals surface area contributed by atoms with Gasteiger partial charge in [-0.15, -0.1) is 10.2 Å². The number of azo groups is 1. The van der Waals surface area contributed by atoms with E-state index in [1.165, 1.54) is 0 Å². The molecule has 114 valence electrons. The standard InChI is InChI=1S/C17H14N4O2/c18-8-9-23-17(22)14(19)10-11-4-6-12(7-5-11)13-2-1-3-15-16(13)21-20-15/h1-7,14H,9-10,19H2/t14-/m0/s1. The van der Waals surface area contributed by atoms with Crippen molar-refractivity contribution in [1.82, 2.24) is 0 Å². The number of nitrogens with zero attached hydrogens (tertiary/aromatic N) is 3. The van der Waals surface area contributed by atoms with Gasteiger partial charge in [-0.2, -0.15) is 5.26 Å². The molecule has 0 aliphatic carbocycles. The maximum Gasteiger partial charge on any atom is 0.324 e. The Bertz CT molecular complexity index is 806. The van der Waals surface area contributed by atoms with Crippen molar-refractivity contribution in [3.63, 3.8) is 0 Å². The van der Waals surface area contributed by atoms with Crippen LogP contribution >= 0.6 is 0 Å². The fourth-order valence-corrected chi connectivity index (χ4v) is 2.38. The van der Waals surface area contributed by atoms with Crippen molar-refractivity contribution in [3.8, 4) is 17.2 Å². The Morgan fingerprint density at radius 1 is 1.22 bits per heavy atom. The molecule has 2 aromatic rings. The fraction of sp³-hybridized carbons (Fsp3) is 0.176. The van der Waals surface area contributed by atoms with E-state index in [1.54, 1.807) is 6.07 Å². The van der Waals surface area contributed by atoms with Crippen molar-refractivity contribution in [2.75, 3.05) is 6.61 Å². The number of carbonyl (C=O) groups is 1. The van der Waals surface area contributed by atoms with Gasteiger partial charge in [0.25, 0.3) is 0 Å². The predicted octanol–water partition coefficient (Wildman–Crippen LogP) is 3.02. The molecular weight excluding hydrogens is 292 g/mol. The zero-order valence-corrected chi connectivity index (χ0v) is 12.3. The number of nitriles is 1. The molecule has 1 aliphatic heterocycles. The van der Waals surface area contributed by atoms with Gasteiger partial charge in [0.1, 0.15) is 23.5 Å². The Hall–Kier alpha value is -3.04. The molecule has 6 heteroatoms. The van der Waals surface area contributed by atoms with E-state index in [0.717, 1.165) is 28.1 Å². The monoisotopic (exact) mass is 306 g/mol. The third-order valence-corrected chi connectivity index (χ3v) is 3.57. The molecule has 6 nitrogen and oxygen atoms in total. The number of fused-ring (bicyclic) bond motifs is 1. The Balaban J connectivity index is 1.70. The number of rotatable bonds is 5. The predicted molar refractivity (Wildman–Crippen MR) is 84.3 cm³/mol. The summed E-state index contributed by atoms with van der Waals surface area (Å²) in [7, 11) is 0.